The van der Waals surface area contributed by atoms with Gasteiger partial charge >= 0.3 is 0 Å². The van der Waals surface area contributed by atoms with Crippen LogP contribution < -0.4 is 0 Å². The average Bonchev–Trinajstić information content (AvgIpc) is 3.19. The monoisotopic (exact) mass is 398 g/mol. The van der Waals surface area contributed by atoms with Crippen LogP contribution in [-0.4, -0.2) is 38.8 Å². The van der Waals surface area contributed by atoms with E-state index in [1.54, 1.807) is 6.20 Å². The molecule has 0 aliphatic carbocycles. The van der Waals surface area contributed by atoms with Gasteiger partial charge in [-0.05, 0) is 56.0 Å². The lowest BCUT2D eigenvalue weighted by Gasteiger charge is -2.22. The highest BCUT2D eigenvalue weighted by Gasteiger charge is 2.20. The number of aromatic amines is 1. The number of benzene rings is 2. The number of likely N-dealkylation sites (N-methyl/N-ethyl adjacent to an activating group) is 1. The van der Waals surface area contributed by atoms with Crippen LogP contribution in [0.3, 0.4) is 0 Å². The van der Waals surface area contributed by atoms with Gasteiger partial charge in [0.25, 0.3) is 5.91 Å². The number of carbonyl (C=O) groups excluding carboxylic acids is 1. The summed E-state index contributed by atoms with van der Waals surface area (Å²) in [6.07, 6.45) is 5.96. The van der Waals surface area contributed by atoms with Crippen molar-refractivity contribution >= 4 is 16.8 Å². The highest BCUT2D eigenvalue weighted by Crippen LogP contribution is 2.25. The van der Waals surface area contributed by atoms with Crippen LogP contribution >= 0.6 is 0 Å². The highest BCUT2D eigenvalue weighted by molar-refractivity contribution is 5.99. The number of hydrogen-bond acceptors (Lipinski definition) is 3. The fraction of sp³-hybridized carbons (Fsp3) is 0.240. The predicted molar refractivity (Wildman–Crippen MR) is 121 cm³/mol. The number of hydrogen-bond donors (Lipinski definition) is 1. The van der Waals surface area contributed by atoms with Crippen LogP contribution in [0, 0.1) is 13.8 Å². The molecule has 0 saturated carbocycles. The Morgan fingerprint density at radius 2 is 1.93 bits per heavy atom. The number of aromatic nitrogens is 3. The smallest absolute Gasteiger partial charge is 0.257 e. The molecule has 0 unspecified atom stereocenters. The van der Waals surface area contributed by atoms with Gasteiger partial charge in [-0.3, -0.25) is 4.79 Å². The van der Waals surface area contributed by atoms with E-state index in [1.165, 1.54) is 28.4 Å². The number of carbonyl (C=O) groups is 1. The topological polar surface area (TPSA) is 61.9 Å². The van der Waals surface area contributed by atoms with E-state index in [-0.39, 0.29) is 5.91 Å². The van der Waals surface area contributed by atoms with Gasteiger partial charge in [-0.25, -0.2) is 9.97 Å². The van der Waals surface area contributed by atoms with Crippen LogP contribution in [0.5, 0.6) is 0 Å². The molecule has 2 heterocycles. The Balaban J connectivity index is 1.59. The first-order chi connectivity index (χ1) is 14.6. The zero-order valence-electron chi connectivity index (χ0n) is 17.6. The molecule has 0 spiro atoms. The predicted octanol–water partition coefficient (Wildman–Crippen LogP) is 4.95. The zero-order chi connectivity index (χ0) is 21.1. The molecule has 0 fully saturated rings. The molecule has 152 valence electrons. The molecule has 0 aliphatic rings. The molecule has 2 aromatic carbocycles. The first-order valence-electron chi connectivity index (χ1n) is 10.3. The molecule has 0 radical (unpaired) electrons. The van der Waals surface area contributed by atoms with Crippen molar-refractivity contribution in [3.8, 4) is 11.3 Å². The number of fused-ring (bicyclic) bond motifs is 1. The Morgan fingerprint density at radius 1 is 1.10 bits per heavy atom. The standard InChI is InChI=1S/C25H26N4O/c1-4-29(12-11-20-14-27-23-8-6-5-7-21(20)23)25(30)22-15-26-16-28-24(22)19-10-9-17(2)18(3)13-19/h5-10,13-16,27H,4,11-12H2,1-3H3. The Labute approximate surface area is 176 Å². The van der Waals surface area contributed by atoms with Gasteiger partial charge < -0.3 is 9.88 Å². The molecule has 1 amide bonds. The van der Waals surface area contributed by atoms with Crippen LogP contribution in [0.1, 0.15) is 34.0 Å². The van der Waals surface area contributed by atoms with Crippen molar-refractivity contribution in [3.05, 3.63) is 83.4 Å². The number of amides is 1. The van der Waals surface area contributed by atoms with Crippen molar-refractivity contribution in [3.63, 3.8) is 0 Å². The molecule has 0 bridgehead atoms. The molecule has 5 nitrogen and oxygen atoms in total. The molecule has 30 heavy (non-hydrogen) atoms. The summed E-state index contributed by atoms with van der Waals surface area (Å²) >= 11 is 0. The summed E-state index contributed by atoms with van der Waals surface area (Å²) in [7, 11) is 0. The van der Waals surface area contributed by atoms with Crippen molar-refractivity contribution in [1.82, 2.24) is 19.9 Å². The van der Waals surface area contributed by atoms with Crippen molar-refractivity contribution in [2.45, 2.75) is 27.2 Å². The minimum absolute atomic E-state index is 0.0360. The van der Waals surface area contributed by atoms with Crippen LogP contribution in [0.25, 0.3) is 22.2 Å². The van der Waals surface area contributed by atoms with Gasteiger partial charge in [0.15, 0.2) is 0 Å². The summed E-state index contributed by atoms with van der Waals surface area (Å²) < 4.78 is 0. The fourth-order valence-corrected chi connectivity index (χ4v) is 3.77. The maximum Gasteiger partial charge on any atom is 0.257 e. The summed E-state index contributed by atoms with van der Waals surface area (Å²) in [5.74, 6) is -0.0360. The van der Waals surface area contributed by atoms with Gasteiger partial charge in [-0.2, -0.15) is 0 Å². The molecule has 4 aromatic rings. The summed E-state index contributed by atoms with van der Waals surface area (Å²) in [6, 6.07) is 14.4. The van der Waals surface area contributed by atoms with E-state index < -0.39 is 0 Å². The molecular weight excluding hydrogens is 372 g/mol. The average molecular weight is 399 g/mol. The van der Waals surface area contributed by atoms with Gasteiger partial charge in [0, 0.05) is 41.9 Å². The second-order valence-electron chi connectivity index (χ2n) is 7.58. The minimum atomic E-state index is -0.0360. The largest absolute Gasteiger partial charge is 0.361 e. The lowest BCUT2D eigenvalue weighted by Crippen LogP contribution is -2.33. The molecule has 0 saturated heterocycles. The summed E-state index contributed by atoms with van der Waals surface area (Å²) in [5, 5.41) is 1.21. The van der Waals surface area contributed by atoms with E-state index in [2.05, 4.69) is 53.1 Å². The van der Waals surface area contributed by atoms with E-state index >= 15 is 0 Å². The summed E-state index contributed by atoms with van der Waals surface area (Å²) in [5.41, 5.74) is 6.90. The van der Waals surface area contributed by atoms with E-state index in [0.29, 0.717) is 24.3 Å². The number of para-hydroxylation sites is 1. The first kappa shape index (κ1) is 19.8. The van der Waals surface area contributed by atoms with E-state index in [1.807, 2.05) is 36.2 Å². The van der Waals surface area contributed by atoms with Crippen molar-refractivity contribution in [2.24, 2.45) is 0 Å². The van der Waals surface area contributed by atoms with Gasteiger partial charge in [0.05, 0.1) is 11.3 Å². The van der Waals surface area contributed by atoms with Crippen molar-refractivity contribution in [2.75, 3.05) is 13.1 Å². The lowest BCUT2D eigenvalue weighted by atomic mass is 10.0. The number of aryl methyl sites for hydroxylation is 2. The van der Waals surface area contributed by atoms with E-state index in [0.717, 1.165) is 17.5 Å². The summed E-state index contributed by atoms with van der Waals surface area (Å²) in [6.45, 7) is 7.42. The Kier molecular flexibility index (Phi) is 5.61. The normalized spacial score (nSPS) is 11.0. The third-order valence-corrected chi connectivity index (χ3v) is 5.72. The lowest BCUT2D eigenvalue weighted by molar-refractivity contribution is 0.0766. The first-order valence-corrected chi connectivity index (χ1v) is 10.3. The maximum atomic E-state index is 13.4. The minimum Gasteiger partial charge on any atom is -0.361 e. The van der Waals surface area contributed by atoms with Crippen LogP contribution in [0.2, 0.25) is 0 Å². The highest BCUT2D eigenvalue weighted by atomic mass is 16.2. The second kappa shape index (κ2) is 8.49. The molecule has 0 aliphatic heterocycles. The Morgan fingerprint density at radius 3 is 2.73 bits per heavy atom. The fourth-order valence-electron chi connectivity index (χ4n) is 3.77. The number of nitrogens with one attached hydrogen (secondary N) is 1. The van der Waals surface area contributed by atoms with Gasteiger partial charge in [0.2, 0.25) is 0 Å². The molecule has 4 rings (SSSR count). The van der Waals surface area contributed by atoms with Crippen LogP contribution in [-0.2, 0) is 6.42 Å². The zero-order valence-corrected chi connectivity index (χ0v) is 17.6. The van der Waals surface area contributed by atoms with E-state index in [4.69, 9.17) is 0 Å². The number of rotatable bonds is 6. The molecule has 0 atom stereocenters. The molecule has 2 aromatic heterocycles. The van der Waals surface area contributed by atoms with E-state index in [9.17, 15) is 4.79 Å². The van der Waals surface area contributed by atoms with Crippen LogP contribution in [0.4, 0.5) is 0 Å². The molecular formula is C25H26N4O. The second-order valence-corrected chi connectivity index (χ2v) is 7.58. The third kappa shape index (κ3) is 3.83. The number of nitrogens with zero attached hydrogens (tertiary/aromatic N) is 3. The van der Waals surface area contributed by atoms with Crippen LogP contribution in [0.15, 0.2) is 61.2 Å². The SMILES string of the molecule is CCN(CCc1c[nH]c2ccccc12)C(=O)c1cncnc1-c1ccc(C)c(C)c1. The van der Waals surface area contributed by atoms with Crippen molar-refractivity contribution in [1.29, 1.82) is 0 Å². The molecule has 1 N–H and O–H groups in total. The Bertz CT molecular complexity index is 1190. The summed E-state index contributed by atoms with van der Waals surface area (Å²) in [4.78, 5) is 27.1. The number of H-pyrrole nitrogens is 1. The maximum absolute atomic E-state index is 13.4. The third-order valence-electron chi connectivity index (χ3n) is 5.72. The van der Waals surface area contributed by atoms with Crippen molar-refractivity contribution < 1.29 is 4.79 Å². The Hall–Kier alpha value is -3.47. The van der Waals surface area contributed by atoms with Gasteiger partial charge in [-0.1, -0.05) is 30.3 Å². The molecule has 5 heteroatoms. The van der Waals surface area contributed by atoms with Gasteiger partial charge in [-0.15, -0.1) is 0 Å². The van der Waals surface area contributed by atoms with Gasteiger partial charge in [0.1, 0.15) is 6.33 Å². The quantitative estimate of drug-likeness (QED) is 0.500.